The van der Waals surface area contributed by atoms with Gasteiger partial charge in [-0.05, 0) is 30.0 Å². The summed E-state index contributed by atoms with van der Waals surface area (Å²) >= 11 is 1.06. The normalized spacial score (nSPS) is 12.2. The van der Waals surface area contributed by atoms with Gasteiger partial charge in [0.05, 0.1) is 13.2 Å². The maximum atomic E-state index is 15.3. The number of nitrogens with one attached hydrogen (secondary N) is 2. The Kier molecular flexibility index (Phi) is 8.58. The number of rotatable bonds is 9. The first-order chi connectivity index (χ1) is 16.8. The maximum absolute atomic E-state index is 15.3. The molecule has 196 valence electrons. The molecule has 3 aromatic rings. The number of carbonyl (C=O) groups excluding carboxylic acids is 1. The van der Waals surface area contributed by atoms with Crippen LogP contribution in [0.5, 0.6) is 0 Å². The number of benzene rings is 1. The molecule has 0 bridgehead atoms. The molecule has 0 saturated heterocycles. The van der Waals surface area contributed by atoms with Gasteiger partial charge in [0.15, 0.2) is 0 Å². The summed E-state index contributed by atoms with van der Waals surface area (Å²) in [7, 11) is -4.23. The van der Waals surface area contributed by atoms with Crippen LogP contribution in [0.4, 0.5) is 9.18 Å². The second-order valence-electron chi connectivity index (χ2n) is 10.0. The first-order valence-electron chi connectivity index (χ1n) is 11.7. The third-order valence-corrected chi connectivity index (χ3v) is 8.34. The van der Waals surface area contributed by atoms with E-state index in [-0.39, 0.29) is 28.7 Å². The van der Waals surface area contributed by atoms with E-state index >= 15 is 4.39 Å². The van der Waals surface area contributed by atoms with Crippen LogP contribution >= 0.6 is 11.3 Å². The Bertz CT molecular complexity index is 1320. The molecule has 0 aliphatic rings. The summed E-state index contributed by atoms with van der Waals surface area (Å²) in [6.07, 6.45) is 4.14. The van der Waals surface area contributed by atoms with Gasteiger partial charge in [0.1, 0.15) is 15.9 Å². The standard InChI is InChI=1S/C25H33FN4O4S2/c1-16(2)12-19-14-20(22(35-19)36(33,34)29-24(32)28-9-11-31)17-6-7-18(21(26)13-17)15-30-10-8-27-23(30)25(3,4)5/h6-8,10,13-14,16,31H,9,11-12,15H2,1-5H3,(H2,28,29,32). The molecule has 0 unspecified atom stereocenters. The predicted octanol–water partition coefficient (Wildman–Crippen LogP) is 4.28. The van der Waals surface area contributed by atoms with E-state index in [2.05, 4.69) is 10.3 Å². The van der Waals surface area contributed by atoms with Crippen LogP contribution in [0.3, 0.4) is 0 Å². The molecular weight excluding hydrogens is 503 g/mol. The maximum Gasteiger partial charge on any atom is 0.328 e. The number of hydrogen-bond acceptors (Lipinski definition) is 6. The Morgan fingerprint density at radius 2 is 1.97 bits per heavy atom. The Balaban J connectivity index is 1.98. The second kappa shape index (κ2) is 11.1. The van der Waals surface area contributed by atoms with Crippen molar-refractivity contribution in [2.24, 2.45) is 5.92 Å². The number of aromatic nitrogens is 2. The molecule has 0 aliphatic carbocycles. The average Bonchev–Trinajstić information content (AvgIpc) is 3.40. The Morgan fingerprint density at radius 3 is 2.58 bits per heavy atom. The summed E-state index contributed by atoms with van der Waals surface area (Å²) in [6.45, 7) is 10.0. The lowest BCUT2D eigenvalue weighted by atomic mass is 9.95. The minimum absolute atomic E-state index is 0.0610. The lowest BCUT2D eigenvalue weighted by Gasteiger charge is -2.20. The molecule has 1 aromatic carbocycles. The fourth-order valence-electron chi connectivity index (χ4n) is 3.81. The van der Waals surface area contributed by atoms with Crippen molar-refractivity contribution in [2.75, 3.05) is 13.2 Å². The van der Waals surface area contributed by atoms with E-state index in [1.165, 1.54) is 6.07 Å². The van der Waals surface area contributed by atoms with Gasteiger partial charge >= 0.3 is 6.03 Å². The van der Waals surface area contributed by atoms with Gasteiger partial charge in [-0.25, -0.2) is 27.3 Å². The van der Waals surface area contributed by atoms with Crippen molar-refractivity contribution in [1.82, 2.24) is 19.6 Å². The van der Waals surface area contributed by atoms with E-state index in [1.54, 1.807) is 24.4 Å². The van der Waals surface area contributed by atoms with Crippen LogP contribution in [0.1, 0.15) is 50.9 Å². The summed E-state index contributed by atoms with van der Waals surface area (Å²) in [4.78, 5) is 17.2. The van der Waals surface area contributed by atoms with Gasteiger partial charge in [0, 0.05) is 40.4 Å². The van der Waals surface area contributed by atoms with Crippen LogP contribution in [0, 0.1) is 11.7 Å². The van der Waals surface area contributed by atoms with Crippen molar-refractivity contribution < 1.29 is 22.7 Å². The fourth-order valence-corrected chi connectivity index (χ4v) is 6.69. The smallest absolute Gasteiger partial charge is 0.328 e. The summed E-state index contributed by atoms with van der Waals surface area (Å²) < 4.78 is 45.2. The molecule has 3 N–H and O–H groups in total. The van der Waals surface area contributed by atoms with E-state index in [0.29, 0.717) is 29.7 Å². The Morgan fingerprint density at radius 1 is 1.25 bits per heavy atom. The predicted molar refractivity (Wildman–Crippen MR) is 139 cm³/mol. The van der Waals surface area contributed by atoms with Gasteiger partial charge in [-0.3, -0.25) is 0 Å². The van der Waals surface area contributed by atoms with Crippen LogP contribution in [-0.2, 0) is 28.4 Å². The molecule has 0 saturated carbocycles. The van der Waals surface area contributed by atoms with Crippen molar-refractivity contribution >= 4 is 27.4 Å². The molecule has 8 nitrogen and oxygen atoms in total. The number of sulfonamides is 1. The van der Waals surface area contributed by atoms with E-state index in [0.717, 1.165) is 22.0 Å². The molecule has 0 aliphatic heterocycles. The number of urea groups is 1. The highest BCUT2D eigenvalue weighted by molar-refractivity contribution is 7.92. The van der Waals surface area contributed by atoms with Crippen LogP contribution < -0.4 is 10.0 Å². The highest BCUT2D eigenvalue weighted by Crippen LogP contribution is 2.37. The van der Waals surface area contributed by atoms with Crippen molar-refractivity contribution in [3.8, 4) is 11.1 Å². The SMILES string of the molecule is CC(C)Cc1cc(-c2ccc(Cn3ccnc3C(C)(C)C)c(F)c2)c(S(=O)(=O)NC(=O)NCCO)s1. The van der Waals surface area contributed by atoms with Crippen molar-refractivity contribution in [2.45, 2.75) is 57.2 Å². The molecule has 11 heteroatoms. The quantitative estimate of drug-likeness (QED) is 0.378. The van der Waals surface area contributed by atoms with Gasteiger partial charge in [0.25, 0.3) is 10.0 Å². The first-order valence-corrected chi connectivity index (χ1v) is 14.0. The number of nitrogens with zero attached hydrogens (tertiary/aromatic N) is 2. The third kappa shape index (κ3) is 6.71. The van der Waals surface area contributed by atoms with Crippen molar-refractivity contribution in [1.29, 1.82) is 0 Å². The molecule has 3 rings (SSSR count). The molecule has 36 heavy (non-hydrogen) atoms. The van der Waals surface area contributed by atoms with E-state index in [4.69, 9.17) is 5.11 Å². The van der Waals surface area contributed by atoms with E-state index in [9.17, 15) is 13.2 Å². The van der Waals surface area contributed by atoms with Crippen LogP contribution in [0.25, 0.3) is 11.1 Å². The largest absolute Gasteiger partial charge is 0.395 e. The van der Waals surface area contributed by atoms with Gasteiger partial charge in [-0.1, -0.05) is 46.8 Å². The van der Waals surface area contributed by atoms with Gasteiger partial charge in [0.2, 0.25) is 0 Å². The monoisotopic (exact) mass is 536 g/mol. The highest BCUT2D eigenvalue weighted by Gasteiger charge is 2.26. The number of thiophene rings is 1. The van der Waals surface area contributed by atoms with E-state index < -0.39 is 21.9 Å². The number of aliphatic hydroxyl groups excluding tert-OH is 1. The van der Waals surface area contributed by atoms with Gasteiger partial charge in [-0.2, -0.15) is 0 Å². The molecule has 2 aromatic heterocycles. The summed E-state index contributed by atoms with van der Waals surface area (Å²) in [5.41, 5.74) is 0.982. The molecule has 0 radical (unpaired) electrons. The van der Waals surface area contributed by atoms with Gasteiger partial charge in [-0.15, -0.1) is 11.3 Å². The summed E-state index contributed by atoms with van der Waals surface area (Å²) in [5.74, 6) is 0.648. The van der Waals surface area contributed by atoms with Crippen LogP contribution in [0.15, 0.2) is 40.9 Å². The zero-order valence-electron chi connectivity index (χ0n) is 21.1. The molecule has 0 spiro atoms. The van der Waals surface area contributed by atoms with Crippen LogP contribution in [0.2, 0.25) is 0 Å². The molecular formula is C25H33FN4O4S2. The average molecular weight is 537 g/mol. The third-order valence-electron chi connectivity index (χ3n) is 5.32. The zero-order chi connectivity index (χ0) is 26.7. The number of amides is 2. The first kappa shape index (κ1) is 27.8. The van der Waals surface area contributed by atoms with Crippen LogP contribution in [-0.4, -0.2) is 42.3 Å². The Labute approximate surface area is 215 Å². The highest BCUT2D eigenvalue weighted by atomic mass is 32.2. The fraction of sp³-hybridized carbons (Fsp3) is 0.440. The number of halogens is 1. The van der Waals surface area contributed by atoms with Crippen molar-refractivity contribution in [3.63, 3.8) is 0 Å². The summed E-state index contributed by atoms with van der Waals surface area (Å²) in [6, 6.07) is 5.47. The number of hydrogen-bond donors (Lipinski definition) is 3. The molecule has 2 heterocycles. The van der Waals surface area contributed by atoms with Gasteiger partial charge < -0.3 is 15.0 Å². The van der Waals surface area contributed by atoms with Crippen molar-refractivity contribution in [3.05, 3.63) is 58.7 Å². The topological polar surface area (TPSA) is 113 Å². The minimum Gasteiger partial charge on any atom is -0.395 e. The second-order valence-corrected chi connectivity index (χ2v) is 13.0. The molecule has 0 fully saturated rings. The van der Waals surface area contributed by atoms with E-state index in [1.807, 2.05) is 50.1 Å². The number of aliphatic hydroxyl groups is 1. The number of imidazole rings is 1. The summed E-state index contributed by atoms with van der Waals surface area (Å²) in [5, 5.41) is 11.1. The lowest BCUT2D eigenvalue weighted by Crippen LogP contribution is -2.40. The zero-order valence-corrected chi connectivity index (χ0v) is 22.8. The minimum atomic E-state index is -4.23. The molecule has 0 atom stereocenters. The Hall–Kier alpha value is -2.76. The molecule has 2 amide bonds. The lowest BCUT2D eigenvalue weighted by molar-refractivity contribution is 0.239. The number of carbonyl (C=O) groups is 1.